The molecule has 3 heteroatoms. The number of carbonyl (C=O) groups excluding carboxylic acids is 1. The second kappa shape index (κ2) is 5.25. The van der Waals surface area contributed by atoms with Crippen LogP contribution in [0.3, 0.4) is 0 Å². The molecule has 1 aromatic carbocycles. The molecular formula is C14H13NO2. The molecule has 0 bridgehead atoms. The fourth-order valence-corrected chi connectivity index (χ4v) is 1.49. The Morgan fingerprint density at radius 3 is 2.65 bits per heavy atom. The van der Waals surface area contributed by atoms with E-state index in [0.717, 1.165) is 11.1 Å². The van der Waals surface area contributed by atoms with Gasteiger partial charge in [0, 0.05) is 6.20 Å². The maximum absolute atomic E-state index is 11.8. The molecule has 0 aliphatic heterocycles. The Bertz CT molecular complexity index is 509. The quantitative estimate of drug-likeness (QED) is 0.757. The summed E-state index contributed by atoms with van der Waals surface area (Å²) in [5.74, 6) is -0.382. The zero-order valence-electron chi connectivity index (χ0n) is 9.59. The number of nitrogens with zero attached hydrogens (tertiary/aromatic N) is 1. The van der Waals surface area contributed by atoms with E-state index in [-0.39, 0.29) is 12.6 Å². The maximum Gasteiger partial charge on any atom is 0.357 e. The first-order valence-electron chi connectivity index (χ1n) is 5.40. The number of hydrogen-bond acceptors (Lipinski definition) is 3. The lowest BCUT2D eigenvalue weighted by atomic mass is 10.2. The monoisotopic (exact) mass is 227 g/mol. The van der Waals surface area contributed by atoms with Crippen molar-refractivity contribution in [3.8, 4) is 0 Å². The molecule has 3 nitrogen and oxygen atoms in total. The number of benzene rings is 1. The van der Waals surface area contributed by atoms with E-state index in [1.807, 2.05) is 43.3 Å². The summed E-state index contributed by atoms with van der Waals surface area (Å²) in [6, 6.07) is 13.2. The number of carbonyl (C=O) groups is 1. The van der Waals surface area contributed by atoms with Gasteiger partial charge in [-0.25, -0.2) is 9.78 Å². The summed E-state index contributed by atoms with van der Waals surface area (Å²) >= 11 is 0. The van der Waals surface area contributed by atoms with Gasteiger partial charge in [0.15, 0.2) is 5.69 Å². The number of ether oxygens (including phenoxy) is 1. The molecule has 0 saturated heterocycles. The van der Waals surface area contributed by atoms with Crippen LogP contribution in [-0.2, 0) is 11.3 Å². The van der Waals surface area contributed by atoms with Gasteiger partial charge in [-0.05, 0) is 24.1 Å². The second-order valence-electron chi connectivity index (χ2n) is 3.73. The van der Waals surface area contributed by atoms with Crippen LogP contribution in [0.2, 0.25) is 0 Å². The van der Waals surface area contributed by atoms with Gasteiger partial charge in [-0.3, -0.25) is 0 Å². The molecule has 0 saturated carbocycles. The van der Waals surface area contributed by atoms with Crippen LogP contribution < -0.4 is 0 Å². The van der Waals surface area contributed by atoms with Crippen LogP contribution in [0.1, 0.15) is 21.6 Å². The maximum atomic E-state index is 11.8. The van der Waals surface area contributed by atoms with E-state index in [1.54, 1.807) is 12.3 Å². The van der Waals surface area contributed by atoms with Crippen molar-refractivity contribution < 1.29 is 9.53 Å². The highest BCUT2D eigenvalue weighted by atomic mass is 16.5. The van der Waals surface area contributed by atoms with E-state index in [0.29, 0.717) is 5.69 Å². The molecular weight excluding hydrogens is 214 g/mol. The van der Waals surface area contributed by atoms with Gasteiger partial charge in [-0.1, -0.05) is 36.4 Å². The highest BCUT2D eigenvalue weighted by Gasteiger charge is 2.11. The van der Waals surface area contributed by atoms with Gasteiger partial charge >= 0.3 is 5.97 Å². The normalized spacial score (nSPS) is 9.94. The minimum Gasteiger partial charge on any atom is -0.456 e. The predicted molar refractivity (Wildman–Crippen MR) is 64.5 cm³/mol. The highest BCUT2D eigenvalue weighted by Crippen LogP contribution is 2.07. The molecule has 1 aromatic heterocycles. The van der Waals surface area contributed by atoms with Crippen LogP contribution in [0.5, 0.6) is 0 Å². The van der Waals surface area contributed by atoms with Crippen molar-refractivity contribution in [2.75, 3.05) is 0 Å². The van der Waals surface area contributed by atoms with Crippen LogP contribution in [0.15, 0.2) is 48.7 Å². The van der Waals surface area contributed by atoms with Crippen molar-refractivity contribution in [1.29, 1.82) is 0 Å². The third-order valence-electron chi connectivity index (χ3n) is 2.42. The molecule has 0 spiro atoms. The predicted octanol–water partition coefficient (Wildman–Crippen LogP) is 2.75. The van der Waals surface area contributed by atoms with Crippen molar-refractivity contribution in [3.05, 3.63) is 65.5 Å². The van der Waals surface area contributed by atoms with Crippen molar-refractivity contribution in [2.45, 2.75) is 13.5 Å². The molecule has 2 rings (SSSR count). The Labute approximate surface area is 100 Å². The number of hydrogen-bond donors (Lipinski definition) is 0. The van der Waals surface area contributed by atoms with Crippen LogP contribution in [-0.4, -0.2) is 11.0 Å². The summed E-state index contributed by atoms with van der Waals surface area (Å²) in [5, 5.41) is 0. The molecule has 0 aliphatic rings. The summed E-state index contributed by atoms with van der Waals surface area (Å²) in [4.78, 5) is 15.8. The fourth-order valence-electron chi connectivity index (χ4n) is 1.49. The van der Waals surface area contributed by atoms with E-state index >= 15 is 0 Å². The summed E-state index contributed by atoms with van der Waals surface area (Å²) in [6.07, 6.45) is 1.59. The first-order chi connectivity index (χ1) is 8.27. The van der Waals surface area contributed by atoms with Gasteiger partial charge in [0.1, 0.15) is 6.61 Å². The lowest BCUT2D eigenvalue weighted by Crippen LogP contribution is -2.09. The molecule has 1 heterocycles. The zero-order chi connectivity index (χ0) is 12.1. The van der Waals surface area contributed by atoms with Gasteiger partial charge in [0.25, 0.3) is 0 Å². The Hall–Kier alpha value is -2.16. The summed E-state index contributed by atoms with van der Waals surface area (Å²) in [7, 11) is 0. The van der Waals surface area contributed by atoms with Crippen LogP contribution in [0.25, 0.3) is 0 Å². The first kappa shape index (κ1) is 11.3. The van der Waals surface area contributed by atoms with Gasteiger partial charge in [0.2, 0.25) is 0 Å². The van der Waals surface area contributed by atoms with Crippen molar-refractivity contribution in [3.63, 3.8) is 0 Å². The molecule has 0 atom stereocenters. The summed E-state index contributed by atoms with van der Waals surface area (Å²) in [6.45, 7) is 2.11. The van der Waals surface area contributed by atoms with E-state index in [2.05, 4.69) is 4.98 Å². The Kier molecular flexibility index (Phi) is 3.50. The average Bonchev–Trinajstić information content (AvgIpc) is 2.38. The molecule has 86 valence electrons. The third kappa shape index (κ3) is 2.91. The number of pyridine rings is 1. The van der Waals surface area contributed by atoms with Crippen LogP contribution in [0.4, 0.5) is 0 Å². The molecule has 0 amide bonds. The molecule has 0 aliphatic carbocycles. The Morgan fingerprint density at radius 1 is 1.18 bits per heavy atom. The number of esters is 1. The lowest BCUT2D eigenvalue weighted by molar-refractivity contribution is 0.0465. The average molecular weight is 227 g/mol. The van der Waals surface area contributed by atoms with Gasteiger partial charge in [-0.2, -0.15) is 0 Å². The molecule has 0 N–H and O–H groups in total. The topological polar surface area (TPSA) is 39.2 Å². The molecule has 0 fully saturated rings. The zero-order valence-corrected chi connectivity index (χ0v) is 9.59. The highest BCUT2D eigenvalue weighted by molar-refractivity contribution is 5.88. The smallest absolute Gasteiger partial charge is 0.357 e. The van der Waals surface area contributed by atoms with Gasteiger partial charge in [-0.15, -0.1) is 0 Å². The molecule has 2 aromatic rings. The van der Waals surface area contributed by atoms with E-state index in [9.17, 15) is 4.79 Å². The minimum atomic E-state index is -0.382. The molecule has 0 radical (unpaired) electrons. The number of rotatable bonds is 3. The van der Waals surface area contributed by atoms with Crippen molar-refractivity contribution >= 4 is 5.97 Å². The fraction of sp³-hybridized carbons (Fsp3) is 0.143. The van der Waals surface area contributed by atoms with E-state index < -0.39 is 0 Å². The first-order valence-corrected chi connectivity index (χ1v) is 5.40. The second-order valence-corrected chi connectivity index (χ2v) is 3.73. The Morgan fingerprint density at radius 2 is 1.94 bits per heavy atom. The lowest BCUT2D eigenvalue weighted by Gasteiger charge is -2.05. The van der Waals surface area contributed by atoms with Crippen molar-refractivity contribution in [1.82, 2.24) is 4.98 Å². The van der Waals surface area contributed by atoms with Crippen LogP contribution in [0, 0.1) is 6.92 Å². The Balaban J connectivity index is 2.01. The van der Waals surface area contributed by atoms with Crippen LogP contribution >= 0.6 is 0 Å². The number of aryl methyl sites for hydroxylation is 1. The molecule has 17 heavy (non-hydrogen) atoms. The van der Waals surface area contributed by atoms with E-state index in [1.165, 1.54) is 0 Å². The summed E-state index contributed by atoms with van der Waals surface area (Å²) in [5.41, 5.74) is 2.17. The molecule has 0 unspecified atom stereocenters. The third-order valence-corrected chi connectivity index (χ3v) is 2.42. The minimum absolute atomic E-state index is 0.273. The SMILES string of the molecule is Cc1cccnc1C(=O)OCc1ccccc1. The van der Waals surface area contributed by atoms with Gasteiger partial charge < -0.3 is 4.74 Å². The largest absolute Gasteiger partial charge is 0.456 e. The standard InChI is InChI=1S/C14H13NO2/c1-11-6-5-9-15-13(11)14(16)17-10-12-7-3-2-4-8-12/h2-9H,10H2,1H3. The summed E-state index contributed by atoms with van der Waals surface area (Å²) < 4.78 is 5.19. The van der Waals surface area contributed by atoms with Gasteiger partial charge in [0.05, 0.1) is 0 Å². The number of aromatic nitrogens is 1. The van der Waals surface area contributed by atoms with E-state index in [4.69, 9.17) is 4.74 Å². The van der Waals surface area contributed by atoms with Crippen molar-refractivity contribution in [2.24, 2.45) is 0 Å².